The number of aromatic nitrogens is 1. The van der Waals surface area contributed by atoms with E-state index in [4.69, 9.17) is 9.47 Å². The molecule has 1 aliphatic heterocycles. The van der Waals surface area contributed by atoms with Gasteiger partial charge in [-0.15, -0.1) is 0 Å². The lowest BCUT2D eigenvalue weighted by Crippen LogP contribution is -2.37. The van der Waals surface area contributed by atoms with Crippen molar-refractivity contribution in [3.05, 3.63) is 88.4 Å². The third-order valence-corrected chi connectivity index (χ3v) is 5.31. The van der Waals surface area contributed by atoms with Gasteiger partial charge in [-0.25, -0.2) is 9.37 Å². The van der Waals surface area contributed by atoms with Gasteiger partial charge in [0.1, 0.15) is 18.2 Å². The number of halogens is 4. The first kappa shape index (κ1) is 22.6. The normalized spacial score (nSPS) is 13.6. The van der Waals surface area contributed by atoms with Crippen LogP contribution < -0.4 is 9.47 Å². The number of pyridine rings is 1. The molecule has 0 unspecified atom stereocenters. The Kier molecular flexibility index (Phi) is 6.22. The molecular weight excluding hydrogens is 440 g/mol. The topological polar surface area (TPSA) is 51.7 Å². The van der Waals surface area contributed by atoms with Gasteiger partial charge in [-0.3, -0.25) is 4.79 Å². The van der Waals surface area contributed by atoms with Crippen LogP contribution in [0.3, 0.4) is 0 Å². The third-order valence-electron chi connectivity index (χ3n) is 5.31. The molecule has 1 aliphatic rings. The number of carbonyl (C=O) groups excluding carboxylic acids is 1. The van der Waals surface area contributed by atoms with Crippen LogP contribution in [-0.2, 0) is 25.7 Å². The average molecular weight is 460 g/mol. The van der Waals surface area contributed by atoms with Crippen LogP contribution in [0.15, 0.2) is 54.6 Å². The van der Waals surface area contributed by atoms with E-state index in [9.17, 15) is 22.4 Å². The highest BCUT2D eigenvalue weighted by Crippen LogP contribution is 2.37. The van der Waals surface area contributed by atoms with Crippen molar-refractivity contribution in [2.45, 2.75) is 25.7 Å². The monoisotopic (exact) mass is 460 g/mol. The van der Waals surface area contributed by atoms with Crippen molar-refractivity contribution in [2.24, 2.45) is 0 Å². The van der Waals surface area contributed by atoms with Gasteiger partial charge in [0.15, 0.2) is 0 Å². The fourth-order valence-electron chi connectivity index (χ4n) is 3.68. The molecular formula is C24H20F4N2O3. The lowest BCUT2D eigenvalue weighted by atomic mass is 10.0. The Morgan fingerprint density at radius 3 is 2.61 bits per heavy atom. The molecule has 1 amide bonds. The van der Waals surface area contributed by atoms with Crippen molar-refractivity contribution in [2.75, 3.05) is 13.7 Å². The molecule has 0 saturated heterocycles. The van der Waals surface area contributed by atoms with E-state index in [1.807, 2.05) is 0 Å². The fourth-order valence-corrected chi connectivity index (χ4v) is 3.68. The lowest BCUT2D eigenvalue weighted by molar-refractivity contribution is -0.138. The van der Waals surface area contributed by atoms with Crippen LogP contribution in [0.25, 0.3) is 0 Å². The van der Waals surface area contributed by atoms with Crippen molar-refractivity contribution in [1.29, 1.82) is 0 Å². The molecule has 172 valence electrons. The van der Waals surface area contributed by atoms with E-state index in [2.05, 4.69) is 4.98 Å². The zero-order chi connectivity index (χ0) is 23.6. The number of hydrogen-bond donors (Lipinski definition) is 0. The summed E-state index contributed by atoms with van der Waals surface area (Å²) in [6, 6.07) is 12.8. The van der Waals surface area contributed by atoms with Crippen molar-refractivity contribution in [3.63, 3.8) is 0 Å². The molecule has 0 N–H and O–H groups in total. The predicted molar refractivity (Wildman–Crippen MR) is 111 cm³/mol. The fraction of sp³-hybridized carbons (Fsp3) is 0.250. The number of methoxy groups -OCH3 is 1. The van der Waals surface area contributed by atoms with Gasteiger partial charge in [0, 0.05) is 25.6 Å². The summed E-state index contributed by atoms with van der Waals surface area (Å²) in [7, 11) is 1.18. The van der Waals surface area contributed by atoms with Gasteiger partial charge < -0.3 is 14.4 Å². The third kappa shape index (κ3) is 5.08. The van der Waals surface area contributed by atoms with Gasteiger partial charge in [0.2, 0.25) is 5.88 Å². The Bertz CT molecular complexity index is 1180. The summed E-state index contributed by atoms with van der Waals surface area (Å²) in [5.74, 6) is -0.580. The van der Waals surface area contributed by atoms with E-state index in [1.165, 1.54) is 31.4 Å². The number of hydrogen-bond acceptors (Lipinski definition) is 4. The van der Waals surface area contributed by atoms with E-state index < -0.39 is 11.7 Å². The van der Waals surface area contributed by atoms with Gasteiger partial charge in [-0.05, 0) is 41.5 Å². The Balaban J connectivity index is 1.45. The molecule has 2 aromatic carbocycles. The summed E-state index contributed by atoms with van der Waals surface area (Å²) < 4.78 is 63.0. The van der Waals surface area contributed by atoms with E-state index in [1.54, 1.807) is 29.2 Å². The summed E-state index contributed by atoms with van der Waals surface area (Å²) in [5, 5.41) is 0. The van der Waals surface area contributed by atoms with Crippen LogP contribution in [0, 0.1) is 5.82 Å². The summed E-state index contributed by atoms with van der Waals surface area (Å²) >= 11 is 0. The van der Waals surface area contributed by atoms with Gasteiger partial charge in [0.05, 0.1) is 23.9 Å². The molecule has 0 fully saturated rings. The number of rotatable bonds is 6. The number of benzene rings is 2. The summed E-state index contributed by atoms with van der Waals surface area (Å²) in [6.07, 6.45) is -4.06. The van der Waals surface area contributed by atoms with Gasteiger partial charge in [-0.2, -0.15) is 13.2 Å². The van der Waals surface area contributed by atoms with E-state index in [-0.39, 0.29) is 30.6 Å². The number of carbonyl (C=O) groups is 1. The van der Waals surface area contributed by atoms with Crippen molar-refractivity contribution >= 4 is 5.91 Å². The predicted octanol–water partition coefficient (Wildman–Crippen LogP) is 5.03. The SMILES string of the molecule is COc1cc(CN2CCc3nc(OCc4cccc(F)c4)ccc3C2=O)ccc1C(F)(F)F. The molecule has 9 heteroatoms. The minimum absolute atomic E-state index is 0.138. The molecule has 5 nitrogen and oxygen atoms in total. The van der Waals surface area contributed by atoms with Crippen molar-refractivity contribution in [3.8, 4) is 11.6 Å². The molecule has 33 heavy (non-hydrogen) atoms. The molecule has 0 bridgehead atoms. The van der Waals surface area contributed by atoms with Gasteiger partial charge in [-0.1, -0.05) is 18.2 Å². The Labute approximate surface area is 187 Å². The molecule has 0 aliphatic carbocycles. The largest absolute Gasteiger partial charge is 0.496 e. The zero-order valence-corrected chi connectivity index (χ0v) is 17.7. The van der Waals surface area contributed by atoms with Crippen LogP contribution >= 0.6 is 0 Å². The Morgan fingerprint density at radius 1 is 1.06 bits per heavy atom. The minimum atomic E-state index is -4.52. The molecule has 0 spiro atoms. The second kappa shape index (κ2) is 9.09. The van der Waals surface area contributed by atoms with Crippen LogP contribution in [0.1, 0.15) is 32.7 Å². The number of ether oxygens (including phenoxy) is 2. The second-order valence-electron chi connectivity index (χ2n) is 7.57. The smallest absolute Gasteiger partial charge is 0.419 e. The maximum absolute atomic E-state index is 13.3. The van der Waals surface area contributed by atoms with Crippen LogP contribution in [-0.4, -0.2) is 29.4 Å². The summed E-state index contributed by atoms with van der Waals surface area (Å²) in [5.41, 5.74) is 1.32. The Hall–Kier alpha value is -3.62. The highest BCUT2D eigenvalue weighted by Gasteiger charge is 2.34. The van der Waals surface area contributed by atoms with Gasteiger partial charge >= 0.3 is 6.18 Å². The highest BCUT2D eigenvalue weighted by atomic mass is 19.4. The van der Waals surface area contributed by atoms with Crippen LogP contribution in [0.4, 0.5) is 17.6 Å². The van der Waals surface area contributed by atoms with Gasteiger partial charge in [0.25, 0.3) is 5.91 Å². The first-order chi connectivity index (χ1) is 15.7. The van der Waals surface area contributed by atoms with Crippen molar-refractivity contribution < 1.29 is 31.8 Å². The summed E-state index contributed by atoms with van der Waals surface area (Å²) in [6.45, 7) is 0.638. The molecule has 4 rings (SSSR count). The molecule has 3 aromatic rings. The van der Waals surface area contributed by atoms with Crippen LogP contribution in [0.5, 0.6) is 11.6 Å². The van der Waals surface area contributed by atoms with E-state index >= 15 is 0 Å². The zero-order valence-electron chi connectivity index (χ0n) is 17.7. The Morgan fingerprint density at radius 2 is 1.88 bits per heavy atom. The number of nitrogens with zero attached hydrogens (tertiary/aromatic N) is 2. The minimum Gasteiger partial charge on any atom is -0.496 e. The number of alkyl halides is 3. The first-order valence-corrected chi connectivity index (χ1v) is 10.1. The number of fused-ring (bicyclic) bond motifs is 1. The molecule has 0 saturated carbocycles. The van der Waals surface area contributed by atoms with E-state index in [0.29, 0.717) is 41.2 Å². The van der Waals surface area contributed by atoms with E-state index in [0.717, 1.165) is 6.07 Å². The van der Waals surface area contributed by atoms with Crippen LogP contribution in [0.2, 0.25) is 0 Å². The maximum atomic E-state index is 13.3. The maximum Gasteiger partial charge on any atom is 0.419 e. The second-order valence-corrected chi connectivity index (χ2v) is 7.57. The number of amides is 1. The first-order valence-electron chi connectivity index (χ1n) is 10.1. The average Bonchev–Trinajstić information content (AvgIpc) is 2.79. The standard InChI is InChI=1S/C24H20F4N2O3/c1-32-21-12-15(5-7-19(21)24(26,27)28)13-30-10-9-20-18(23(30)31)6-8-22(29-20)33-14-16-3-2-4-17(25)11-16/h2-8,11-12H,9-10,13-14H2,1H3. The molecule has 0 radical (unpaired) electrons. The molecule has 0 atom stereocenters. The quantitative estimate of drug-likeness (QED) is 0.485. The van der Waals surface area contributed by atoms with Crippen molar-refractivity contribution in [1.82, 2.24) is 9.88 Å². The summed E-state index contributed by atoms with van der Waals surface area (Å²) in [4.78, 5) is 18.9. The molecule has 1 aromatic heterocycles. The molecule has 2 heterocycles. The lowest BCUT2D eigenvalue weighted by Gasteiger charge is -2.28. The highest BCUT2D eigenvalue weighted by molar-refractivity contribution is 5.96.